The maximum absolute atomic E-state index is 13.4. The van der Waals surface area contributed by atoms with Crippen LogP contribution in [-0.4, -0.2) is 67.7 Å². The molecule has 1 aromatic carbocycles. The number of nitrogens with two attached hydrogens (primary N) is 1. The molecular formula is C22H33N3O3. The Kier molecular flexibility index (Phi) is 6.19. The van der Waals surface area contributed by atoms with Gasteiger partial charge in [-0.3, -0.25) is 9.69 Å². The van der Waals surface area contributed by atoms with E-state index in [1.807, 2.05) is 6.07 Å². The van der Waals surface area contributed by atoms with Gasteiger partial charge in [0.1, 0.15) is 5.75 Å². The zero-order valence-electron chi connectivity index (χ0n) is 16.9. The molecule has 2 fully saturated rings. The number of ether oxygens (including phenoxy) is 2. The van der Waals surface area contributed by atoms with Gasteiger partial charge in [-0.25, -0.2) is 0 Å². The minimum Gasteiger partial charge on any atom is -0.497 e. The lowest BCUT2D eigenvalue weighted by Gasteiger charge is -2.37. The van der Waals surface area contributed by atoms with Crippen LogP contribution in [0.15, 0.2) is 18.2 Å². The van der Waals surface area contributed by atoms with E-state index in [4.69, 9.17) is 15.2 Å². The lowest BCUT2D eigenvalue weighted by Crippen LogP contribution is -2.48. The van der Waals surface area contributed by atoms with Crippen molar-refractivity contribution in [3.63, 3.8) is 0 Å². The van der Waals surface area contributed by atoms with Crippen molar-refractivity contribution in [3.8, 4) is 5.75 Å². The quantitative estimate of drug-likeness (QED) is 0.857. The van der Waals surface area contributed by atoms with Crippen molar-refractivity contribution in [2.75, 3.05) is 40.0 Å². The van der Waals surface area contributed by atoms with Gasteiger partial charge in [-0.05, 0) is 55.4 Å². The lowest BCUT2D eigenvalue weighted by molar-refractivity contribution is -0.137. The van der Waals surface area contributed by atoms with Crippen LogP contribution in [0.1, 0.15) is 36.8 Å². The van der Waals surface area contributed by atoms with E-state index in [2.05, 4.69) is 21.9 Å². The minimum atomic E-state index is 0.0520. The van der Waals surface area contributed by atoms with Gasteiger partial charge < -0.3 is 20.1 Å². The molecule has 0 spiro atoms. The fourth-order valence-electron chi connectivity index (χ4n) is 4.91. The number of likely N-dealkylation sites (tertiary alicyclic amines) is 1. The first-order valence-corrected chi connectivity index (χ1v) is 10.7. The summed E-state index contributed by atoms with van der Waals surface area (Å²) in [5.74, 6) is 1.24. The summed E-state index contributed by atoms with van der Waals surface area (Å²) in [6.45, 7) is 4.87. The van der Waals surface area contributed by atoms with Crippen molar-refractivity contribution in [1.29, 1.82) is 0 Å². The molecule has 4 rings (SSSR count). The second-order valence-corrected chi connectivity index (χ2v) is 8.48. The van der Waals surface area contributed by atoms with Crippen LogP contribution < -0.4 is 10.5 Å². The molecule has 3 aliphatic rings. The molecule has 0 saturated carbocycles. The Labute approximate surface area is 168 Å². The number of benzene rings is 1. The van der Waals surface area contributed by atoms with E-state index in [1.165, 1.54) is 11.1 Å². The number of carbonyl (C=O) groups excluding carboxylic acids is 1. The highest BCUT2D eigenvalue weighted by molar-refractivity contribution is 5.79. The molecule has 28 heavy (non-hydrogen) atoms. The van der Waals surface area contributed by atoms with Gasteiger partial charge in [0.05, 0.1) is 13.0 Å². The SMILES string of the molecule is COc1ccc2c(c1)CCN(C(=O)[C@@H]1CC[C@H](N)CN(C3CCOCC3)C1)C2. The number of amides is 1. The van der Waals surface area contributed by atoms with Gasteiger partial charge in [0.15, 0.2) is 0 Å². The third kappa shape index (κ3) is 4.34. The van der Waals surface area contributed by atoms with Gasteiger partial charge in [0, 0.05) is 51.5 Å². The van der Waals surface area contributed by atoms with E-state index in [0.29, 0.717) is 18.5 Å². The molecule has 0 bridgehead atoms. The molecule has 0 radical (unpaired) electrons. The number of hydrogen-bond donors (Lipinski definition) is 1. The number of rotatable bonds is 3. The normalized spacial score (nSPS) is 27.1. The Bertz CT molecular complexity index is 690. The van der Waals surface area contributed by atoms with Crippen molar-refractivity contribution in [2.45, 2.75) is 50.7 Å². The highest BCUT2D eigenvalue weighted by Crippen LogP contribution is 2.28. The molecule has 3 heterocycles. The average molecular weight is 388 g/mol. The number of methoxy groups -OCH3 is 1. The van der Waals surface area contributed by atoms with Gasteiger partial charge in [-0.1, -0.05) is 6.07 Å². The summed E-state index contributed by atoms with van der Waals surface area (Å²) in [5, 5.41) is 0. The number of nitrogens with zero attached hydrogens (tertiary/aromatic N) is 2. The monoisotopic (exact) mass is 387 g/mol. The van der Waals surface area contributed by atoms with Crippen LogP contribution in [0.2, 0.25) is 0 Å². The van der Waals surface area contributed by atoms with Crippen LogP contribution in [0.5, 0.6) is 5.75 Å². The number of hydrogen-bond acceptors (Lipinski definition) is 5. The second kappa shape index (κ2) is 8.80. The Morgan fingerprint density at radius 3 is 2.75 bits per heavy atom. The summed E-state index contributed by atoms with van der Waals surface area (Å²) in [4.78, 5) is 17.9. The fourth-order valence-corrected chi connectivity index (χ4v) is 4.91. The third-order valence-electron chi connectivity index (χ3n) is 6.60. The molecule has 2 atom stereocenters. The van der Waals surface area contributed by atoms with Crippen LogP contribution in [0.4, 0.5) is 0 Å². The summed E-state index contributed by atoms with van der Waals surface area (Å²) in [7, 11) is 1.70. The van der Waals surface area contributed by atoms with E-state index < -0.39 is 0 Å². The first kappa shape index (κ1) is 19.7. The van der Waals surface area contributed by atoms with E-state index in [-0.39, 0.29) is 12.0 Å². The Hall–Kier alpha value is -1.63. The van der Waals surface area contributed by atoms with Gasteiger partial charge >= 0.3 is 0 Å². The Morgan fingerprint density at radius 2 is 1.96 bits per heavy atom. The lowest BCUT2D eigenvalue weighted by atomic mass is 9.95. The van der Waals surface area contributed by atoms with Crippen LogP contribution in [-0.2, 0) is 22.5 Å². The molecule has 6 heteroatoms. The molecular weight excluding hydrogens is 354 g/mol. The molecule has 2 N–H and O–H groups in total. The summed E-state index contributed by atoms with van der Waals surface area (Å²) >= 11 is 0. The van der Waals surface area contributed by atoms with E-state index in [1.54, 1.807) is 7.11 Å². The minimum absolute atomic E-state index is 0.0520. The van der Waals surface area contributed by atoms with Gasteiger partial charge in [-0.2, -0.15) is 0 Å². The maximum atomic E-state index is 13.4. The van der Waals surface area contributed by atoms with E-state index in [0.717, 1.165) is 70.7 Å². The summed E-state index contributed by atoms with van der Waals surface area (Å²) in [6, 6.07) is 6.86. The molecule has 0 aliphatic carbocycles. The predicted octanol–water partition coefficient (Wildman–Crippen LogP) is 1.80. The number of fused-ring (bicyclic) bond motifs is 1. The highest BCUT2D eigenvalue weighted by Gasteiger charge is 2.34. The van der Waals surface area contributed by atoms with Crippen LogP contribution in [0.3, 0.4) is 0 Å². The van der Waals surface area contributed by atoms with E-state index >= 15 is 0 Å². The Balaban J connectivity index is 1.44. The largest absolute Gasteiger partial charge is 0.497 e. The second-order valence-electron chi connectivity index (χ2n) is 8.48. The molecule has 2 saturated heterocycles. The van der Waals surface area contributed by atoms with Crippen molar-refractivity contribution in [2.24, 2.45) is 11.7 Å². The molecule has 1 aromatic rings. The first-order valence-electron chi connectivity index (χ1n) is 10.7. The third-order valence-corrected chi connectivity index (χ3v) is 6.60. The van der Waals surface area contributed by atoms with Crippen molar-refractivity contribution in [1.82, 2.24) is 9.80 Å². The number of carbonyl (C=O) groups is 1. The smallest absolute Gasteiger partial charge is 0.227 e. The zero-order chi connectivity index (χ0) is 19.5. The van der Waals surface area contributed by atoms with Crippen LogP contribution in [0.25, 0.3) is 0 Å². The maximum Gasteiger partial charge on any atom is 0.227 e. The predicted molar refractivity (Wildman–Crippen MR) is 108 cm³/mol. The van der Waals surface area contributed by atoms with Crippen LogP contribution in [0, 0.1) is 5.92 Å². The van der Waals surface area contributed by atoms with Crippen LogP contribution >= 0.6 is 0 Å². The first-order chi connectivity index (χ1) is 13.6. The van der Waals surface area contributed by atoms with Crippen molar-refractivity contribution < 1.29 is 14.3 Å². The standard InChI is InChI=1S/C22H33N3O3/c1-27-21-5-3-17-13-24(9-6-16(17)12-21)22(26)18-2-4-19(23)15-25(14-18)20-7-10-28-11-8-20/h3,5,12,18-20H,2,4,6-11,13-15,23H2,1H3/t18-,19+/m1/s1. The summed E-state index contributed by atoms with van der Waals surface area (Å²) in [6.07, 6.45) is 4.82. The molecule has 3 aliphatic heterocycles. The Morgan fingerprint density at radius 1 is 1.14 bits per heavy atom. The highest BCUT2D eigenvalue weighted by atomic mass is 16.5. The molecule has 6 nitrogen and oxygen atoms in total. The van der Waals surface area contributed by atoms with Gasteiger partial charge in [-0.15, -0.1) is 0 Å². The molecule has 154 valence electrons. The fraction of sp³-hybridized carbons (Fsp3) is 0.682. The van der Waals surface area contributed by atoms with Gasteiger partial charge in [0.25, 0.3) is 0 Å². The average Bonchev–Trinajstić information content (AvgIpc) is 2.95. The van der Waals surface area contributed by atoms with Gasteiger partial charge in [0.2, 0.25) is 5.91 Å². The molecule has 1 amide bonds. The summed E-state index contributed by atoms with van der Waals surface area (Å²) < 4.78 is 10.9. The van der Waals surface area contributed by atoms with Crippen molar-refractivity contribution >= 4 is 5.91 Å². The summed E-state index contributed by atoms with van der Waals surface area (Å²) in [5.41, 5.74) is 8.90. The molecule has 0 aromatic heterocycles. The van der Waals surface area contributed by atoms with E-state index in [9.17, 15) is 4.79 Å². The molecule has 0 unspecified atom stereocenters. The van der Waals surface area contributed by atoms with Crippen molar-refractivity contribution in [3.05, 3.63) is 29.3 Å². The topological polar surface area (TPSA) is 68.0 Å². The zero-order valence-corrected chi connectivity index (χ0v) is 16.9.